The summed E-state index contributed by atoms with van der Waals surface area (Å²) in [5.74, 6) is 1.62. The van der Waals surface area contributed by atoms with Crippen molar-refractivity contribution in [3.63, 3.8) is 0 Å². The third kappa shape index (κ3) is 5.80. The highest BCUT2D eigenvalue weighted by molar-refractivity contribution is 5.88. The minimum Gasteiger partial charge on any atom is -0.477 e. The van der Waals surface area contributed by atoms with Gasteiger partial charge in [0.1, 0.15) is 23.3 Å². The van der Waals surface area contributed by atoms with Crippen molar-refractivity contribution in [1.29, 1.82) is 5.26 Å². The molecule has 1 N–H and O–H groups in total. The van der Waals surface area contributed by atoms with Crippen molar-refractivity contribution in [1.82, 2.24) is 24.5 Å². The number of carboxylic acids is 1. The zero-order chi connectivity index (χ0) is 27.5. The van der Waals surface area contributed by atoms with E-state index in [4.69, 9.17) is 19.7 Å². The summed E-state index contributed by atoms with van der Waals surface area (Å²) in [6.07, 6.45) is 8.16. The van der Waals surface area contributed by atoms with Gasteiger partial charge in [0.2, 0.25) is 5.88 Å². The monoisotopic (exact) mass is 538 g/mol. The molecule has 10 heteroatoms. The Morgan fingerprint density at radius 3 is 2.55 bits per heavy atom. The SMILES string of the molecule is N#Cc1ccc(Cc2nccc(OC3CCC(Cc4nc5ccc(C(=O)O)nc5n4CC4CCO4)CC3)n2)cc1. The predicted octanol–water partition coefficient (Wildman–Crippen LogP) is 4.35. The van der Waals surface area contributed by atoms with E-state index in [0.29, 0.717) is 41.8 Å². The number of carboxylic acid groups (broad SMARTS) is 1. The van der Waals surface area contributed by atoms with E-state index in [9.17, 15) is 9.90 Å². The molecular weight excluding hydrogens is 508 g/mol. The second kappa shape index (κ2) is 11.4. The normalized spacial score (nSPS) is 20.5. The number of hydrogen-bond donors (Lipinski definition) is 1. The van der Waals surface area contributed by atoms with Crippen molar-refractivity contribution in [2.75, 3.05) is 6.61 Å². The number of imidazole rings is 1. The third-order valence-corrected chi connectivity index (χ3v) is 7.75. The maximum Gasteiger partial charge on any atom is 0.354 e. The van der Waals surface area contributed by atoms with Crippen LogP contribution in [0.25, 0.3) is 11.2 Å². The zero-order valence-electron chi connectivity index (χ0n) is 22.1. The van der Waals surface area contributed by atoms with E-state index in [1.165, 1.54) is 6.07 Å². The van der Waals surface area contributed by atoms with Gasteiger partial charge in [-0.1, -0.05) is 12.1 Å². The highest BCUT2D eigenvalue weighted by Gasteiger charge is 2.27. The number of benzene rings is 1. The molecule has 4 heterocycles. The number of aromatic carboxylic acids is 1. The maximum absolute atomic E-state index is 11.5. The highest BCUT2D eigenvalue weighted by atomic mass is 16.5. The Morgan fingerprint density at radius 1 is 1.05 bits per heavy atom. The Kier molecular flexibility index (Phi) is 7.38. The second-order valence-corrected chi connectivity index (χ2v) is 10.5. The standard InChI is InChI=1S/C30H30N6O4/c31-17-21-3-1-19(2-4-21)15-26-32-13-11-28(35-26)40-22-7-5-20(6-8-22)16-27-33-24-9-10-25(30(37)38)34-29(24)36(27)18-23-12-14-39-23/h1-4,9-11,13,20,22-23H,5-8,12,14-16,18H2,(H,37,38). The first-order valence-electron chi connectivity index (χ1n) is 13.7. The van der Waals surface area contributed by atoms with E-state index in [2.05, 4.69) is 25.6 Å². The highest BCUT2D eigenvalue weighted by Crippen LogP contribution is 2.31. The lowest BCUT2D eigenvalue weighted by atomic mass is 9.85. The molecule has 3 aromatic heterocycles. The average Bonchev–Trinajstić information content (AvgIpc) is 3.28. The Labute approximate surface area is 231 Å². The summed E-state index contributed by atoms with van der Waals surface area (Å²) in [7, 11) is 0. The van der Waals surface area contributed by atoms with Crippen LogP contribution < -0.4 is 4.74 Å². The molecule has 0 bridgehead atoms. The fraction of sp³-hybridized carbons (Fsp3) is 0.400. The van der Waals surface area contributed by atoms with Gasteiger partial charge in [-0.15, -0.1) is 0 Å². The van der Waals surface area contributed by atoms with Gasteiger partial charge in [0.05, 0.1) is 24.3 Å². The summed E-state index contributed by atoms with van der Waals surface area (Å²) in [5.41, 5.74) is 3.03. The van der Waals surface area contributed by atoms with Crippen molar-refractivity contribution in [2.45, 2.75) is 63.7 Å². The van der Waals surface area contributed by atoms with Crippen molar-refractivity contribution in [3.8, 4) is 11.9 Å². The molecule has 1 saturated carbocycles. The molecule has 204 valence electrons. The molecule has 0 radical (unpaired) electrons. The van der Waals surface area contributed by atoms with Crippen LogP contribution in [0.2, 0.25) is 0 Å². The van der Waals surface area contributed by atoms with Crippen LogP contribution in [-0.4, -0.2) is 54.4 Å². The minimum absolute atomic E-state index is 0.0252. The number of carbonyl (C=O) groups is 1. The van der Waals surface area contributed by atoms with Gasteiger partial charge in [-0.25, -0.2) is 19.7 Å². The van der Waals surface area contributed by atoms with Gasteiger partial charge in [-0.05, 0) is 67.9 Å². The predicted molar refractivity (Wildman–Crippen MR) is 145 cm³/mol. The number of aromatic nitrogens is 5. The molecule has 1 saturated heterocycles. The summed E-state index contributed by atoms with van der Waals surface area (Å²) in [4.78, 5) is 29.8. The Hall–Kier alpha value is -4.36. The molecule has 6 rings (SSSR count). The van der Waals surface area contributed by atoms with E-state index in [-0.39, 0.29) is 17.9 Å². The molecule has 10 nitrogen and oxygen atoms in total. The lowest BCUT2D eigenvalue weighted by molar-refractivity contribution is -0.0591. The van der Waals surface area contributed by atoms with Gasteiger partial charge in [0.15, 0.2) is 11.3 Å². The Morgan fingerprint density at radius 2 is 1.85 bits per heavy atom. The van der Waals surface area contributed by atoms with Crippen molar-refractivity contribution >= 4 is 17.1 Å². The number of pyridine rings is 1. The van der Waals surface area contributed by atoms with Crippen LogP contribution in [0, 0.1) is 17.2 Å². The third-order valence-electron chi connectivity index (χ3n) is 7.75. The fourth-order valence-corrected chi connectivity index (χ4v) is 5.44. The van der Waals surface area contributed by atoms with Crippen LogP contribution in [-0.2, 0) is 24.1 Å². The van der Waals surface area contributed by atoms with Crippen molar-refractivity contribution in [3.05, 3.63) is 77.1 Å². The first-order valence-corrected chi connectivity index (χ1v) is 13.7. The molecule has 4 aromatic rings. The van der Waals surface area contributed by atoms with Gasteiger partial charge >= 0.3 is 5.97 Å². The molecule has 1 aliphatic heterocycles. The number of ether oxygens (including phenoxy) is 2. The molecule has 2 aliphatic rings. The maximum atomic E-state index is 11.5. The molecule has 40 heavy (non-hydrogen) atoms. The van der Waals surface area contributed by atoms with Crippen molar-refractivity contribution < 1.29 is 19.4 Å². The number of rotatable bonds is 9. The zero-order valence-corrected chi connectivity index (χ0v) is 22.1. The van der Waals surface area contributed by atoms with Crippen LogP contribution >= 0.6 is 0 Å². The number of fused-ring (bicyclic) bond motifs is 1. The van der Waals surface area contributed by atoms with Crippen LogP contribution in [0.1, 0.15) is 65.4 Å². The fourth-order valence-electron chi connectivity index (χ4n) is 5.44. The number of hydrogen-bond acceptors (Lipinski definition) is 8. The summed E-state index contributed by atoms with van der Waals surface area (Å²) in [6, 6.07) is 14.6. The van der Waals surface area contributed by atoms with Gasteiger partial charge in [0, 0.05) is 31.7 Å². The molecule has 1 unspecified atom stereocenters. The topological polar surface area (TPSA) is 136 Å². The van der Waals surface area contributed by atoms with Crippen LogP contribution in [0.4, 0.5) is 0 Å². The van der Waals surface area contributed by atoms with Gasteiger partial charge in [-0.3, -0.25) is 0 Å². The van der Waals surface area contributed by atoms with E-state index >= 15 is 0 Å². The molecule has 2 fully saturated rings. The van der Waals surface area contributed by atoms with E-state index < -0.39 is 5.97 Å². The van der Waals surface area contributed by atoms with Crippen LogP contribution in [0.5, 0.6) is 5.88 Å². The molecule has 0 amide bonds. The Bertz CT molecular complexity index is 1550. The van der Waals surface area contributed by atoms with E-state index in [1.807, 2.05) is 12.1 Å². The molecular formula is C30H30N6O4. The summed E-state index contributed by atoms with van der Waals surface area (Å²) in [5, 5.41) is 18.4. The quantitative estimate of drug-likeness (QED) is 0.330. The summed E-state index contributed by atoms with van der Waals surface area (Å²) >= 11 is 0. The lowest BCUT2D eigenvalue weighted by Gasteiger charge is -2.30. The van der Waals surface area contributed by atoms with Crippen molar-refractivity contribution in [2.24, 2.45) is 5.92 Å². The first kappa shape index (κ1) is 25.9. The van der Waals surface area contributed by atoms with Gasteiger partial charge in [0.25, 0.3) is 0 Å². The summed E-state index contributed by atoms with van der Waals surface area (Å²) < 4.78 is 14.0. The number of nitriles is 1. The van der Waals surface area contributed by atoms with Crippen LogP contribution in [0.15, 0.2) is 48.7 Å². The second-order valence-electron chi connectivity index (χ2n) is 10.5. The van der Waals surface area contributed by atoms with Gasteiger partial charge in [-0.2, -0.15) is 10.2 Å². The first-order chi connectivity index (χ1) is 19.5. The molecule has 1 aromatic carbocycles. The van der Waals surface area contributed by atoms with E-state index in [1.54, 1.807) is 30.5 Å². The average molecular weight is 539 g/mol. The number of nitrogens with zero attached hydrogens (tertiary/aromatic N) is 6. The molecule has 1 aliphatic carbocycles. The van der Waals surface area contributed by atoms with E-state index in [0.717, 1.165) is 62.0 Å². The van der Waals surface area contributed by atoms with Gasteiger partial charge < -0.3 is 19.1 Å². The molecule has 1 atom stereocenters. The molecule has 0 spiro atoms. The summed E-state index contributed by atoms with van der Waals surface area (Å²) in [6.45, 7) is 1.40. The minimum atomic E-state index is -1.04. The largest absolute Gasteiger partial charge is 0.477 e. The lowest BCUT2D eigenvalue weighted by Crippen LogP contribution is -2.32. The Balaban J connectivity index is 1.08. The van der Waals surface area contributed by atoms with Crippen LogP contribution in [0.3, 0.4) is 0 Å². The smallest absolute Gasteiger partial charge is 0.354 e.